The number of nitrogens with one attached hydrogen (secondary N) is 1. The number of hydrogen-bond donors (Lipinski definition) is 2. The molecule has 1 unspecified atom stereocenters. The molecule has 0 fully saturated rings. The van der Waals surface area contributed by atoms with Crippen LogP contribution in [0.25, 0.3) is 10.9 Å². The van der Waals surface area contributed by atoms with Crippen LogP contribution < -0.4 is 5.32 Å². The quantitative estimate of drug-likeness (QED) is 0.666. The van der Waals surface area contributed by atoms with Crippen LogP contribution >= 0.6 is 11.6 Å². The largest absolute Gasteiger partial charge is 0.396 e. The van der Waals surface area contributed by atoms with Crippen molar-refractivity contribution in [3.63, 3.8) is 0 Å². The van der Waals surface area contributed by atoms with Gasteiger partial charge >= 0.3 is 0 Å². The Morgan fingerprint density at radius 2 is 1.92 bits per heavy atom. The summed E-state index contributed by atoms with van der Waals surface area (Å²) in [5.74, 6) is 0. The summed E-state index contributed by atoms with van der Waals surface area (Å²) in [4.78, 5) is 4.50. The molecule has 4 heteroatoms. The number of pyridine rings is 1. The van der Waals surface area contributed by atoms with Gasteiger partial charge in [-0.3, -0.25) is 4.98 Å². The van der Waals surface area contributed by atoms with Gasteiger partial charge in [-0.05, 0) is 42.2 Å². The van der Waals surface area contributed by atoms with Gasteiger partial charge in [-0.15, -0.1) is 0 Å². The molecule has 3 aromatic rings. The molecule has 2 N–H and O–H groups in total. The van der Waals surface area contributed by atoms with Crippen molar-refractivity contribution in [3.8, 4) is 0 Å². The van der Waals surface area contributed by atoms with Crippen LogP contribution in [0, 0.1) is 0 Å². The first kappa shape index (κ1) is 16.9. The molecule has 0 radical (unpaired) electrons. The van der Waals surface area contributed by atoms with E-state index in [0.717, 1.165) is 34.3 Å². The van der Waals surface area contributed by atoms with Crippen molar-refractivity contribution >= 4 is 22.5 Å². The highest BCUT2D eigenvalue weighted by molar-refractivity contribution is 6.31. The monoisotopic (exact) mass is 340 g/mol. The highest BCUT2D eigenvalue weighted by Crippen LogP contribution is 2.24. The molecule has 1 atom stereocenters. The van der Waals surface area contributed by atoms with E-state index in [0.29, 0.717) is 6.54 Å². The molecular formula is C20H21ClN2O. The molecule has 24 heavy (non-hydrogen) atoms. The Hall–Kier alpha value is -1.94. The maximum absolute atomic E-state index is 9.17. The SMILES string of the molecule is OCCCC(NCc1cc(Cl)cc2cccnc12)c1ccccc1. The van der Waals surface area contributed by atoms with Crippen LogP contribution in [-0.2, 0) is 6.54 Å². The number of aromatic nitrogens is 1. The number of hydrogen-bond acceptors (Lipinski definition) is 3. The minimum atomic E-state index is 0.191. The van der Waals surface area contributed by atoms with Gasteiger partial charge in [0, 0.05) is 35.8 Å². The summed E-state index contributed by atoms with van der Waals surface area (Å²) in [6.45, 7) is 0.881. The fraction of sp³-hybridized carbons (Fsp3) is 0.250. The summed E-state index contributed by atoms with van der Waals surface area (Å²) in [6, 6.07) is 18.4. The maximum Gasteiger partial charge on any atom is 0.0747 e. The van der Waals surface area contributed by atoms with Crippen LogP contribution in [0.2, 0.25) is 5.02 Å². The topological polar surface area (TPSA) is 45.1 Å². The number of aliphatic hydroxyl groups excluding tert-OH is 1. The van der Waals surface area contributed by atoms with Gasteiger partial charge in [-0.1, -0.05) is 48.0 Å². The minimum absolute atomic E-state index is 0.191. The van der Waals surface area contributed by atoms with Crippen molar-refractivity contribution in [2.75, 3.05) is 6.61 Å². The van der Waals surface area contributed by atoms with E-state index >= 15 is 0 Å². The van der Waals surface area contributed by atoms with Gasteiger partial charge in [0.05, 0.1) is 5.52 Å². The molecule has 2 aromatic carbocycles. The number of fused-ring (bicyclic) bond motifs is 1. The van der Waals surface area contributed by atoms with Crippen molar-refractivity contribution in [2.45, 2.75) is 25.4 Å². The Labute approximate surface area is 147 Å². The van der Waals surface area contributed by atoms with E-state index in [1.54, 1.807) is 6.20 Å². The molecule has 0 saturated heterocycles. The lowest BCUT2D eigenvalue weighted by molar-refractivity contribution is 0.275. The molecule has 0 bridgehead atoms. The smallest absolute Gasteiger partial charge is 0.0747 e. The van der Waals surface area contributed by atoms with Gasteiger partial charge < -0.3 is 10.4 Å². The molecule has 3 rings (SSSR count). The first-order valence-electron chi connectivity index (χ1n) is 8.20. The molecule has 1 heterocycles. The predicted octanol–water partition coefficient (Wildman–Crippen LogP) is 4.49. The molecule has 0 aliphatic heterocycles. The molecule has 0 amide bonds. The molecule has 124 valence electrons. The fourth-order valence-electron chi connectivity index (χ4n) is 2.96. The second-order valence-electron chi connectivity index (χ2n) is 5.85. The summed E-state index contributed by atoms with van der Waals surface area (Å²) in [5.41, 5.74) is 3.29. The first-order valence-corrected chi connectivity index (χ1v) is 8.58. The van der Waals surface area contributed by atoms with E-state index in [1.807, 2.05) is 42.5 Å². The van der Waals surface area contributed by atoms with Gasteiger partial charge in [0.15, 0.2) is 0 Å². The fourth-order valence-corrected chi connectivity index (χ4v) is 3.21. The van der Waals surface area contributed by atoms with Crippen LogP contribution in [0.5, 0.6) is 0 Å². The summed E-state index contributed by atoms with van der Waals surface area (Å²) >= 11 is 6.25. The lowest BCUT2D eigenvalue weighted by Gasteiger charge is -2.19. The van der Waals surface area contributed by atoms with Crippen molar-refractivity contribution in [3.05, 3.63) is 76.9 Å². The summed E-state index contributed by atoms with van der Waals surface area (Å²) in [5, 5.41) is 14.5. The second kappa shape index (κ2) is 8.25. The predicted molar refractivity (Wildman–Crippen MR) is 99.1 cm³/mol. The van der Waals surface area contributed by atoms with Gasteiger partial charge in [-0.25, -0.2) is 0 Å². The Balaban J connectivity index is 1.82. The number of nitrogens with zero attached hydrogens (tertiary/aromatic N) is 1. The van der Waals surface area contributed by atoms with E-state index in [1.165, 1.54) is 5.56 Å². The molecule has 0 saturated carbocycles. The highest BCUT2D eigenvalue weighted by atomic mass is 35.5. The average Bonchev–Trinajstić information content (AvgIpc) is 2.62. The van der Waals surface area contributed by atoms with Gasteiger partial charge in [-0.2, -0.15) is 0 Å². The summed E-state index contributed by atoms with van der Waals surface area (Å²) in [6.07, 6.45) is 3.45. The highest BCUT2D eigenvalue weighted by Gasteiger charge is 2.12. The molecule has 0 aliphatic rings. The van der Waals surface area contributed by atoms with Gasteiger partial charge in [0.25, 0.3) is 0 Å². The zero-order valence-corrected chi connectivity index (χ0v) is 14.2. The Kier molecular flexibility index (Phi) is 5.81. The lowest BCUT2D eigenvalue weighted by Crippen LogP contribution is -2.21. The van der Waals surface area contributed by atoms with E-state index in [2.05, 4.69) is 22.4 Å². The summed E-state index contributed by atoms with van der Waals surface area (Å²) < 4.78 is 0. The molecule has 1 aromatic heterocycles. The van der Waals surface area contributed by atoms with Crippen molar-refractivity contribution in [2.24, 2.45) is 0 Å². The van der Waals surface area contributed by atoms with Crippen LogP contribution in [0.3, 0.4) is 0 Å². The average molecular weight is 341 g/mol. The number of benzene rings is 2. The minimum Gasteiger partial charge on any atom is -0.396 e. The second-order valence-corrected chi connectivity index (χ2v) is 6.29. The normalized spacial score (nSPS) is 12.4. The molecule has 3 nitrogen and oxygen atoms in total. The van der Waals surface area contributed by atoms with Crippen LogP contribution in [0.15, 0.2) is 60.8 Å². The number of rotatable bonds is 7. The third-order valence-corrected chi connectivity index (χ3v) is 4.36. The molecular weight excluding hydrogens is 320 g/mol. The Morgan fingerprint density at radius 3 is 2.71 bits per heavy atom. The zero-order chi connectivity index (χ0) is 16.8. The van der Waals surface area contributed by atoms with Crippen molar-refractivity contribution in [1.82, 2.24) is 10.3 Å². The van der Waals surface area contributed by atoms with Crippen molar-refractivity contribution in [1.29, 1.82) is 0 Å². The first-order chi connectivity index (χ1) is 11.8. The maximum atomic E-state index is 9.17. The molecule has 0 aliphatic carbocycles. The van der Waals surface area contributed by atoms with Crippen LogP contribution in [-0.4, -0.2) is 16.7 Å². The third kappa shape index (κ3) is 4.12. The standard InChI is InChI=1S/C20H21ClN2O/c21-18-12-16-8-4-10-22-20(16)17(13-18)14-23-19(9-5-11-24)15-6-2-1-3-7-15/h1-4,6-8,10,12-13,19,23-24H,5,9,11,14H2. The van der Waals surface area contributed by atoms with E-state index in [4.69, 9.17) is 16.7 Å². The van der Waals surface area contributed by atoms with Gasteiger partial charge in [0.2, 0.25) is 0 Å². The third-order valence-electron chi connectivity index (χ3n) is 4.14. The van der Waals surface area contributed by atoms with E-state index < -0.39 is 0 Å². The molecule has 0 spiro atoms. The van der Waals surface area contributed by atoms with E-state index in [9.17, 15) is 0 Å². The zero-order valence-electron chi connectivity index (χ0n) is 13.5. The Morgan fingerprint density at radius 1 is 1.08 bits per heavy atom. The Bertz CT molecular complexity index is 792. The van der Waals surface area contributed by atoms with Gasteiger partial charge in [0.1, 0.15) is 0 Å². The van der Waals surface area contributed by atoms with Crippen LogP contribution in [0.1, 0.15) is 30.0 Å². The summed E-state index contributed by atoms with van der Waals surface area (Å²) in [7, 11) is 0. The number of aliphatic hydroxyl groups is 1. The van der Waals surface area contributed by atoms with Crippen LogP contribution in [0.4, 0.5) is 0 Å². The lowest BCUT2D eigenvalue weighted by atomic mass is 10.0. The number of halogens is 1. The van der Waals surface area contributed by atoms with E-state index in [-0.39, 0.29) is 12.6 Å². The van der Waals surface area contributed by atoms with Crippen molar-refractivity contribution < 1.29 is 5.11 Å².